The van der Waals surface area contributed by atoms with E-state index in [0.29, 0.717) is 45.6 Å². The van der Waals surface area contributed by atoms with Crippen LogP contribution in [0.4, 0.5) is 16.1 Å². The highest BCUT2D eigenvalue weighted by Gasteiger charge is 2.39. The van der Waals surface area contributed by atoms with E-state index in [-0.39, 0.29) is 18.0 Å². The van der Waals surface area contributed by atoms with Gasteiger partial charge in [0.1, 0.15) is 0 Å². The predicted octanol–water partition coefficient (Wildman–Crippen LogP) is 3.36. The van der Waals surface area contributed by atoms with Gasteiger partial charge in [-0.15, -0.1) is 15.3 Å². The first-order valence-electron chi connectivity index (χ1n) is 15.2. The molecule has 13 heteroatoms. The summed E-state index contributed by atoms with van der Waals surface area (Å²) in [4.78, 5) is 32.7. The molecule has 0 aromatic carbocycles. The second-order valence-electron chi connectivity index (χ2n) is 12.9. The van der Waals surface area contributed by atoms with Crippen molar-refractivity contribution < 1.29 is 14.3 Å². The van der Waals surface area contributed by atoms with Crippen LogP contribution in [-0.2, 0) is 9.53 Å². The molecule has 2 aliphatic heterocycles. The van der Waals surface area contributed by atoms with Crippen molar-refractivity contribution in [3.8, 4) is 0 Å². The summed E-state index contributed by atoms with van der Waals surface area (Å²) in [5.41, 5.74) is 0.723. The highest BCUT2D eigenvalue weighted by molar-refractivity contribution is 7.19. The fourth-order valence-electron chi connectivity index (χ4n) is 6.46. The fourth-order valence-corrected chi connectivity index (χ4v) is 7.18. The third kappa shape index (κ3) is 7.35. The van der Waals surface area contributed by atoms with Crippen LogP contribution in [-0.4, -0.2) is 107 Å². The first-order valence-corrected chi connectivity index (χ1v) is 16.0. The molecule has 1 aliphatic carbocycles. The lowest BCUT2D eigenvalue weighted by molar-refractivity contribution is -0.125. The highest BCUT2D eigenvalue weighted by Crippen LogP contribution is 2.40. The van der Waals surface area contributed by atoms with Crippen LogP contribution in [0.15, 0.2) is 12.3 Å². The molecule has 0 bridgehead atoms. The summed E-state index contributed by atoms with van der Waals surface area (Å²) in [5.74, 6) is 0.588. The minimum atomic E-state index is -0.434. The van der Waals surface area contributed by atoms with Crippen LogP contribution in [0.1, 0.15) is 70.2 Å². The highest BCUT2D eigenvalue weighted by atomic mass is 32.1. The van der Waals surface area contributed by atoms with E-state index in [1.807, 2.05) is 0 Å². The number of hydrogen-bond donors (Lipinski definition) is 2. The quantitative estimate of drug-likeness (QED) is 0.412. The number of nitrogens with zero attached hydrogens (tertiary/aromatic N) is 7. The van der Waals surface area contributed by atoms with Crippen molar-refractivity contribution in [1.82, 2.24) is 30.2 Å². The van der Waals surface area contributed by atoms with Crippen molar-refractivity contribution in [3.63, 3.8) is 0 Å². The number of esters is 1. The second-order valence-corrected chi connectivity index (χ2v) is 13.9. The Morgan fingerprint density at radius 2 is 1.69 bits per heavy atom. The standard InChI is InChI=1S/C29H45N9O3S/c1-19(2)36-12-14-37(15-13-36)24(20-6-9-29(3,4)10-7-20)25(39)32-28-35-34-27(42-28)31-22-8-11-38(18-22)23-16-21(17-30-33-23)26(40)41-5/h16-17,19-20,22,24H,6-15,18H2,1-5H3,(H,31,34)(H,32,35,39)/t22-,24+/m1/s1. The minimum absolute atomic E-state index is 0.0384. The normalized spacial score (nSPS) is 22.7. The summed E-state index contributed by atoms with van der Waals surface area (Å²) < 4.78 is 4.80. The van der Waals surface area contributed by atoms with Crippen molar-refractivity contribution in [2.75, 3.05) is 61.9 Å². The Kier molecular flexibility index (Phi) is 9.58. The van der Waals surface area contributed by atoms with Crippen molar-refractivity contribution in [2.45, 2.75) is 77.9 Å². The molecule has 42 heavy (non-hydrogen) atoms. The maximum atomic E-state index is 13.8. The van der Waals surface area contributed by atoms with Gasteiger partial charge in [0.2, 0.25) is 16.2 Å². The lowest BCUT2D eigenvalue weighted by Crippen LogP contribution is -2.57. The summed E-state index contributed by atoms with van der Waals surface area (Å²) in [5, 5.41) is 24.6. The Bertz CT molecular complexity index is 1220. The number of anilines is 3. The van der Waals surface area contributed by atoms with E-state index in [2.05, 4.69) is 73.4 Å². The smallest absolute Gasteiger partial charge is 0.339 e. The molecule has 2 aromatic heterocycles. The van der Waals surface area contributed by atoms with Gasteiger partial charge in [-0.25, -0.2) is 4.79 Å². The Morgan fingerprint density at radius 1 is 1.00 bits per heavy atom. The topological polar surface area (TPSA) is 129 Å². The van der Waals surface area contributed by atoms with Gasteiger partial charge in [-0.2, -0.15) is 5.10 Å². The molecule has 2 saturated heterocycles. The van der Waals surface area contributed by atoms with Crippen LogP contribution < -0.4 is 15.5 Å². The van der Waals surface area contributed by atoms with Gasteiger partial charge in [-0.05, 0) is 63.4 Å². The van der Waals surface area contributed by atoms with E-state index in [4.69, 9.17) is 4.74 Å². The van der Waals surface area contributed by atoms with Crippen LogP contribution in [0.5, 0.6) is 0 Å². The van der Waals surface area contributed by atoms with Gasteiger partial charge in [-0.1, -0.05) is 25.2 Å². The Hall–Kier alpha value is -2.90. The third-order valence-electron chi connectivity index (χ3n) is 9.13. The van der Waals surface area contributed by atoms with E-state index in [9.17, 15) is 9.59 Å². The van der Waals surface area contributed by atoms with Gasteiger partial charge in [0, 0.05) is 51.4 Å². The molecular formula is C29H45N9O3S. The molecule has 3 aliphatic rings. The number of ether oxygens (including phenoxy) is 1. The Labute approximate surface area is 252 Å². The molecule has 3 fully saturated rings. The zero-order chi connectivity index (χ0) is 29.9. The van der Waals surface area contributed by atoms with E-state index < -0.39 is 5.97 Å². The molecule has 12 nitrogen and oxygen atoms in total. The molecule has 1 amide bonds. The SMILES string of the molecule is COC(=O)c1cnnc(N2CC[C@@H](Nc3nnc(NC(=O)[C@H](C4CCC(C)(C)CC4)N4CCN(C(C)C)CC4)s3)C2)c1. The first kappa shape index (κ1) is 30.6. The number of aromatic nitrogens is 4. The molecule has 2 atom stereocenters. The number of hydrogen-bond acceptors (Lipinski definition) is 12. The summed E-state index contributed by atoms with van der Waals surface area (Å²) >= 11 is 1.37. The van der Waals surface area contributed by atoms with Gasteiger partial charge in [-0.3, -0.25) is 19.9 Å². The summed E-state index contributed by atoms with van der Waals surface area (Å²) in [6.07, 6.45) is 6.72. The van der Waals surface area contributed by atoms with Gasteiger partial charge in [0.15, 0.2) is 5.82 Å². The largest absolute Gasteiger partial charge is 0.465 e. The first-order chi connectivity index (χ1) is 20.1. The van der Waals surface area contributed by atoms with Gasteiger partial charge >= 0.3 is 5.97 Å². The van der Waals surface area contributed by atoms with E-state index >= 15 is 0 Å². The summed E-state index contributed by atoms with van der Waals surface area (Å²) in [6.45, 7) is 14.4. The lowest BCUT2D eigenvalue weighted by atomic mass is 9.70. The van der Waals surface area contributed by atoms with Crippen LogP contribution >= 0.6 is 11.3 Å². The minimum Gasteiger partial charge on any atom is -0.465 e. The average Bonchev–Trinajstić information content (AvgIpc) is 3.63. The molecule has 5 rings (SSSR count). The molecular weight excluding hydrogens is 554 g/mol. The molecule has 4 heterocycles. The molecule has 0 spiro atoms. The Morgan fingerprint density at radius 3 is 2.38 bits per heavy atom. The van der Waals surface area contributed by atoms with E-state index in [1.54, 1.807) is 6.07 Å². The molecule has 2 N–H and O–H groups in total. The van der Waals surface area contributed by atoms with Crippen LogP contribution in [0.3, 0.4) is 0 Å². The number of methoxy groups -OCH3 is 1. The zero-order valence-corrected chi connectivity index (χ0v) is 26.3. The van der Waals surface area contributed by atoms with Crippen LogP contribution in [0, 0.1) is 11.3 Å². The number of amides is 1. The van der Waals surface area contributed by atoms with Crippen LogP contribution in [0.25, 0.3) is 0 Å². The molecule has 0 radical (unpaired) electrons. The number of rotatable bonds is 9. The molecule has 0 unspecified atom stereocenters. The van der Waals surface area contributed by atoms with Crippen molar-refractivity contribution in [3.05, 3.63) is 17.8 Å². The molecule has 1 saturated carbocycles. The predicted molar refractivity (Wildman–Crippen MR) is 164 cm³/mol. The lowest BCUT2D eigenvalue weighted by Gasteiger charge is -2.45. The average molecular weight is 600 g/mol. The zero-order valence-electron chi connectivity index (χ0n) is 25.5. The van der Waals surface area contributed by atoms with Crippen molar-refractivity contribution in [1.29, 1.82) is 0 Å². The van der Waals surface area contributed by atoms with E-state index in [1.165, 1.54) is 24.6 Å². The third-order valence-corrected chi connectivity index (χ3v) is 9.90. The van der Waals surface area contributed by atoms with Gasteiger partial charge in [0.25, 0.3) is 0 Å². The summed E-state index contributed by atoms with van der Waals surface area (Å²) in [6, 6.07) is 2.19. The van der Waals surface area contributed by atoms with Crippen LogP contribution in [0.2, 0.25) is 0 Å². The fraction of sp³-hybridized carbons (Fsp3) is 0.724. The number of piperazine rings is 1. The van der Waals surface area contributed by atoms with Gasteiger partial charge < -0.3 is 15.0 Å². The number of carbonyl (C=O) groups excluding carboxylic acids is 2. The number of nitrogens with one attached hydrogen (secondary N) is 2. The monoisotopic (exact) mass is 599 g/mol. The second kappa shape index (κ2) is 13.2. The molecule has 2 aromatic rings. The maximum absolute atomic E-state index is 13.8. The van der Waals surface area contributed by atoms with E-state index in [0.717, 1.165) is 64.8 Å². The van der Waals surface area contributed by atoms with Gasteiger partial charge in [0.05, 0.1) is 24.9 Å². The number of carbonyl (C=O) groups is 2. The summed E-state index contributed by atoms with van der Waals surface area (Å²) in [7, 11) is 1.35. The Balaban J connectivity index is 1.19. The van der Waals surface area contributed by atoms with Crippen molar-refractivity contribution >= 4 is 39.3 Å². The maximum Gasteiger partial charge on any atom is 0.339 e. The molecule has 230 valence electrons. The van der Waals surface area contributed by atoms with Crippen molar-refractivity contribution in [2.24, 2.45) is 11.3 Å².